The van der Waals surface area contributed by atoms with Crippen molar-refractivity contribution in [1.82, 2.24) is 10.2 Å². The van der Waals surface area contributed by atoms with Gasteiger partial charge in [0.15, 0.2) is 5.92 Å². The molecule has 1 aliphatic carbocycles. The number of hydrogen-bond donors (Lipinski definition) is 2. The number of amidine groups is 1. The summed E-state index contributed by atoms with van der Waals surface area (Å²) in [6.45, 7) is 3.38. The lowest BCUT2D eigenvalue weighted by atomic mass is 9.90. The molecule has 36 heavy (non-hydrogen) atoms. The molecule has 2 fully saturated rings. The third-order valence-electron chi connectivity index (χ3n) is 7.36. The Labute approximate surface area is 211 Å². The first kappa shape index (κ1) is 24.3. The van der Waals surface area contributed by atoms with Crippen LogP contribution in [0.1, 0.15) is 32.1 Å². The number of rotatable bonds is 5. The van der Waals surface area contributed by atoms with Crippen molar-refractivity contribution >= 4 is 23.2 Å². The topological polar surface area (TPSA) is 89.8 Å². The van der Waals surface area contributed by atoms with E-state index in [2.05, 4.69) is 21.6 Å². The van der Waals surface area contributed by atoms with Gasteiger partial charge in [-0.05, 0) is 42.5 Å². The number of piperazine rings is 1. The minimum Gasteiger partial charge on any atom is -0.464 e. The number of fused-ring (bicyclic) bond motifs is 1. The van der Waals surface area contributed by atoms with Crippen LogP contribution in [0.25, 0.3) is 11.1 Å². The molecule has 0 aromatic heterocycles. The first-order valence-corrected chi connectivity index (χ1v) is 12.9. The molecule has 2 aliphatic heterocycles. The lowest BCUT2D eigenvalue weighted by molar-refractivity contribution is -0.148. The smallest absolute Gasteiger partial charge is 0.325 e. The molecular weight excluding hydrogens is 457 g/mol. The zero-order valence-corrected chi connectivity index (χ0v) is 20.4. The van der Waals surface area contributed by atoms with Crippen molar-refractivity contribution in [3.8, 4) is 17.2 Å². The van der Waals surface area contributed by atoms with E-state index in [-0.39, 0.29) is 5.82 Å². The Morgan fingerprint density at radius 3 is 2.69 bits per heavy atom. The number of carbonyl (C=O) groups is 1. The van der Waals surface area contributed by atoms with Crippen LogP contribution in [-0.4, -0.2) is 55.5 Å². The molecule has 2 aromatic rings. The number of aliphatic imine (C=N–C) groups is 1. The zero-order chi connectivity index (χ0) is 24.9. The Morgan fingerprint density at radius 2 is 1.94 bits per heavy atom. The second-order valence-electron chi connectivity index (χ2n) is 9.78. The summed E-state index contributed by atoms with van der Waals surface area (Å²) in [5, 5.41) is 16.8. The number of nitrogens with one attached hydrogen (secondary N) is 2. The maximum Gasteiger partial charge on any atom is 0.325 e. The van der Waals surface area contributed by atoms with Gasteiger partial charge in [-0.1, -0.05) is 43.5 Å². The molecule has 188 valence electrons. The largest absolute Gasteiger partial charge is 0.464 e. The van der Waals surface area contributed by atoms with Crippen LogP contribution in [0, 0.1) is 29.0 Å². The van der Waals surface area contributed by atoms with Gasteiger partial charge in [-0.25, -0.2) is 9.38 Å². The third-order valence-corrected chi connectivity index (χ3v) is 7.36. The monoisotopic (exact) mass is 489 g/mol. The molecule has 5 rings (SSSR count). The maximum atomic E-state index is 14.4. The van der Waals surface area contributed by atoms with Gasteiger partial charge in [0, 0.05) is 31.7 Å². The quantitative estimate of drug-likeness (QED) is 0.602. The summed E-state index contributed by atoms with van der Waals surface area (Å²) in [4.78, 5) is 20.2. The van der Waals surface area contributed by atoms with Crippen molar-refractivity contribution in [2.24, 2.45) is 16.8 Å². The molecule has 2 N–H and O–H groups in total. The first-order chi connectivity index (χ1) is 17.6. The van der Waals surface area contributed by atoms with Crippen LogP contribution in [0.2, 0.25) is 0 Å². The molecule has 3 aliphatic rings. The van der Waals surface area contributed by atoms with Gasteiger partial charge in [-0.3, -0.25) is 4.79 Å². The van der Waals surface area contributed by atoms with Gasteiger partial charge in [0.25, 0.3) is 0 Å². The molecule has 0 radical (unpaired) electrons. The van der Waals surface area contributed by atoms with E-state index in [0.29, 0.717) is 48.4 Å². The predicted octanol–water partition coefficient (Wildman–Crippen LogP) is 4.49. The highest BCUT2D eigenvalue weighted by Gasteiger charge is 2.39. The van der Waals surface area contributed by atoms with Gasteiger partial charge in [-0.2, -0.15) is 5.26 Å². The molecule has 2 heterocycles. The van der Waals surface area contributed by atoms with Crippen molar-refractivity contribution < 1.29 is 13.9 Å². The van der Waals surface area contributed by atoms with Crippen LogP contribution in [0.15, 0.2) is 47.5 Å². The summed E-state index contributed by atoms with van der Waals surface area (Å²) in [6, 6.07) is 13.7. The number of nitrogens with zero attached hydrogens (tertiary/aromatic N) is 3. The van der Waals surface area contributed by atoms with E-state index in [4.69, 9.17) is 9.73 Å². The van der Waals surface area contributed by atoms with Gasteiger partial charge in [0.2, 0.25) is 0 Å². The highest BCUT2D eigenvalue weighted by Crippen LogP contribution is 2.37. The molecule has 2 atom stereocenters. The van der Waals surface area contributed by atoms with E-state index in [0.717, 1.165) is 31.5 Å². The van der Waals surface area contributed by atoms with Crippen LogP contribution in [0.4, 0.5) is 15.8 Å². The van der Waals surface area contributed by atoms with Gasteiger partial charge < -0.3 is 20.3 Å². The molecule has 0 bridgehead atoms. The third kappa shape index (κ3) is 5.21. The average Bonchev–Trinajstić information content (AvgIpc) is 2.93. The van der Waals surface area contributed by atoms with E-state index in [1.807, 2.05) is 18.2 Å². The normalized spacial score (nSPS) is 20.9. The van der Waals surface area contributed by atoms with Crippen molar-refractivity contribution in [2.45, 2.75) is 38.1 Å². The number of hydrogen-bond acceptors (Lipinski definition) is 7. The van der Waals surface area contributed by atoms with Crippen molar-refractivity contribution in [3.63, 3.8) is 0 Å². The van der Waals surface area contributed by atoms with Crippen molar-refractivity contribution in [3.05, 3.63) is 48.3 Å². The summed E-state index contributed by atoms with van der Waals surface area (Å²) in [6.07, 6.45) is 5.70. The van der Waals surface area contributed by atoms with Gasteiger partial charge in [0.05, 0.1) is 24.1 Å². The molecule has 1 saturated heterocycles. The molecule has 2 aromatic carbocycles. The Balaban J connectivity index is 1.42. The van der Waals surface area contributed by atoms with Crippen LogP contribution >= 0.6 is 0 Å². The summed E-state index contributed by atoms with van der Waals surface area (Å²) in [5.41, 5.74) is 2.59. The SMILES string of the molecule is N#CC(C(=O)OCC1CCCCC1)C1Nc2ccc(-c3ccccc3F)cc2N=C1N1CCNCC1. The Morgan fingerprint density at radius 1 is 1.17 bits per heavy atom. The number of ether oxygens (including phenoxy) is 1. The molecule has 1 saturated carbocycles. The van der Waals surface area contributed by atoms with E-state index < -0.39 is 17.9 Å². The summed E-state index contributed by atoms with van der Waals surface area (Å²) in [7, 11) is 0. The number of benzene rings is 2. The molecule has 8 heteroatoms. The second-order valence-corrected chi connectivity index (χ2v) is 9.78. The molecule has 0 amide bonds. The number of esters is 1. The van der Waals surface area contributed by atoms with Crippen molar-refractivity contribution in [2.75, 3.05) is 38.1 Å². The minimum absolute atomic E-state index is 0.296. The number of carbonyl (C=O) groups excluding carboxylic acids is 1. The average molecular weight is 490 g/mol. The van der Waals surface area contributed by atoms with E-state index >= 15 is 0 Å². The van der Waals surface area contributed by atoms with Crippen LogP contribution in [0.5, 0.6) is 0 Å². The molecule has 7 nitrogen and oxygen atoms in total. The lowest BCUT2D eigenvalue weighted by Crippen LogP contribution is -2.55. The Hall–Kier alpha value is -3.44. The highest BCUT2D eigenvalue weighted by atomic mass is 19.1. The second kappa shape index (κ2) is 11.1. The minimum atomic E-state index is -1.03. The first-order valence-electron chi connectivity index (χ1n) is 12.9. The predicted molar refractivity (Wildman–Crippen MR) is 137 cm³/mol. The van der Waals surface area contributed by atoms with Gasteiger partial charge >= 0.3 is 5.97 Å². The maximum absolute atomic E-state index is 14.4. The summed E-state index contributed by atoms with van der Waals surface area (Å²) in [5.74, 6) is -0.803. The Bertz CT molecular complexity index is 1160. The fraction of sp³-hybridized carbons (Fsp3) is 0.464. The molecule has 2 unspecified atom stereocenters. The number of nitriles is 1. The zero-order valence-electron chi connectivity index (χ0n) is 20.4. The van der Waals surface area contributed by atoms with E-state index in [9.17, 15) is 14.4 Å². The fourth-order valence-corrected chi connectivity index (χ4v) is 5.33. The molecular formula is C28H32FN5O2. The fourth-order valence-electron chi connectivity index (χ4n) is 5.33. The standard InChI is InChI=1S/C28H32FN5O2/c29-23-9-5-4-8-21(23)20-10-11-24-25(16-20)33-27(34-14-12-31-13-15-34)26(32-24)22(17-30)28(35)36-18-19-6-2-1-3-7-19/h4-5,8-11,16,19,22,26,31-32H,1-3,6-7,12-15,18H2. The number of anilines is 1. The lowest BCUT2D eigenvalue weighted by Gasteiger charge is -2.38. The molecule has 0 spiro atoms. The van der Waals surface area contributed by atoms with Gasteiger partial charge in [0.1, 0.15) is 17.7 Å². The van der Waals surface area contributed by atoms with Crippen LogP contribution in [-0.2, 0) is 9.53 Å². The Kier molecular flexibility index (Phi) is 7.47. The van der Waals surface area contributed by atoms with E-state index in [1.54, 1.807) is 18.2 Å². The van der Waals surface area contributed by atoms with E-state index in [1.165, 1.54) is 25.3 Å². The number of halogens is 1. The highest BCUT2D eigenvalue weighted by molar-refractivity contribution is 6.01. The van der Waals surface area contributed by atoms with Gasteiger partial charge in [-0.15, -0.1) is 0 Å². The van der Waals surface area contributed by atoms with Crippen LogP contribution in [0.3, 0.4) is 0 Å². The summed E-state index contributed by atoms with van der Waals surface area (Å²) < 4.78 is 20.1. The summed E-state index contributed by atoms with van der Waals surface area (Å²) >= 11 is 0. The van der Waals surface area contributed by atoms with Crippen molar-refractivity contribution in [1.29, 1.82) is 5.26 Å². The van der Waals surface area contributed by atoms with Crippen LogP contribution < -0.4 is 10.6 Å².